The lowest BCUT2D eigenvalue weighted by molar-refractivity contribution is -0.139. The van der Waals surface area contributed by atoms with Crippen molar-refractivity contribution < 1.29 is 9.59 Å². The Balaban J connectivity index is 1.76. The fraction of sp³-hybridized carbons (Fsp3) is 0.0769. The first-order valence-corrected chi connectivity index (χ1v) is 6.67. The van der Waals surface area contributed by atoms with Crippen LogP contribution in [0, 0.1) is 0 Å². The summed E-state index contributed by atoms with van der Waals surface area (Å²) in [7, 11) is 0. The average Bonchev–Trinajstić information content (AvgIpc) is 2.99. The smallest absolute Gasteiger partial charge is 0.329 e. The van der Waals surface area contributed by atoms with Gasteiger partial charge in [0.1, 0.15) is 0 Å². The van der Waals surface area contributed by atoms with Gasteiger partial charge in [0.05, 0.1) is 6.21 Å². The molecule has 0 spiro atoms. The highest BCUT2D eigenvalue weighted by molar-refractivity contribution is 7.11. The zero-order valence-electron chi connectivity index (χ0n) is 10.4. The minimum absolute atomic E-state index is 0.245. The number of carbonyl (C=O) groups excluding carboxylic acids is 2. The maximum Gasteiger partial charge on any atom is 0.329 e. The molecule has 0 bridgehead atoms. The summed E-state index contributed by atoms with van der Waals surface area (Å²) in [4.78, 5) is 27.7. The van der Waals surface area contributed by atoms with Crippen LogP contribution in [0.2, 0.25) is 0 Å². The Kier molecular flexibility index (Phi) is 4.96. The van der Waals surface area contributed by atoms with E-state index in [2.05, 4.69) is 20.8 Å². The minimum Gasteiger partial charge on any atom is -0.344 e. The van der Waals surface area contributed by atoms with Crippen LogP contribution in [0.5, 0.6) is 0 Å². The molecule has 2 N–H and O–H groups in total. The number of amides is 2. The predicted molar refractivity (Wildman–Crippen MR) is 76.1 cm³/mol. The third-order valence-corrected chi connectivity index (χ3v) is 3.09. The van der Waals surface area contributed by atoms with Crippen molar-refractivity contribution in [3.8, 4) is 0 Å². The summed E-state index contributed by atoms with van der Waals surface area (Å²) in [6, 6.07) is 7.28. The Hall–Kier alpha value is -2.54. The number of carbonyl (C=O) groups is 2. The number of nitrogens with one attached hydrogen (secondary N) is 2. The Morgan fingerprint density at radius 3 is 2.90 bits per heavy atom. The zero-order chi connectivity index (χ0) is 14.2. The standard InChI is InChI=1S/C13H12N4O2S/c18-12(15-8-10-3-1-5-14-7-10)13(19)17-16-9-11-4-2-6-20-11/h1-7,9H,8H2,(H,15,18)(H,17,19)/b16-9+. The SMILES string of the molecule is O=C(NCc1cccnc1)C(=O)N/N=C/c1cccs1. The van der Waals surface area contributed by atoms with Crippen LogP contribution in [0.1, 0.15) is 10.4 Å². The molecule has 0 saturated heterocycles. The summed E-state index contributed by atoms with van der Waals surface area (Å²) < 4.78 is 0. The van der Waals surface area contributed by atoms with Gasteiger partial charge in [0.15, 0.2) is 0 Å². The van der Waals surface area contributed by atoms with Crippen molar-refractivity contribution in [3.05, 3.63) is 52.5 Å². The lowest BCUT2D eigenvalue weighted by atomic mass is 10.3. The van der Waals surface area contributed by atoms with Crippen molar-refractivity contribution in [2.45, 2.75) is 6.54 Å². The largest absolute Gasteiger partial charge is 0.344 e. The molecule has 0 saturated carbocycles. The van der Waals surface area contributed by atoms with Crippen LogP contribution < -0.4 is 10.7 Å². The van der Waals surface area contributed by atoms with Crippen LogP contribution in [0.3, 0.4) is 0 Å². The summed E-state index contributed by atoms with van der Waals surface area (Å²) in [6.07, 6.45) is 4.74. The van der Waals surface area contributed by atoms with Gasteiger partial charge < -0.3 is 5.32 Å². The third-order valence-electron chi connectivity index (χ3n) is 2.28. The van der Waals surface area contributed by atoms with E-state index in [9.17, 15) is 9.59 Å². The highest BCUT2D eigenvalue weighted by Gasteiger charge is 2.11. The van der Waals surface area contributed by atoms with Gasteiger partial charge in [-0.25, -0.2) is 5.43 Å². The summed E-state index contributed by atoms with van der Waals surface area (Å²) in [6.45, 7) is 0.245. The monoisotopic (exact) mass is 288 g/mol. The molecular formula is C13H12N4O2S. The molecule has 0 aromatic carbocycles. The van der Waals surface area contributed by atoms with E-state index in [4.69, 9.17) is 0 Å². The molecule has 102 valence electrons. The molecule has 2 aromatic heterocycles. The van der Waals surface area contributed by atoms with Crippen molar-refractivity contribution in [1.29, 1.82) is 0 Å². The number of thiophene rings is 1. The van der Waals surface area contributed by atoms with Crippen LogP contribution in [-0.4, -0.2) is 23.0 Å². The van der Waals surface area contributed by atoms with Gasteiger partial charge in [-0.2, -0.15) is 5.10 Å². The molecule has 0 aliphatic rings. The first-order valence-electron chi connectivity index (χ1n) is 5.79. The summed E-state index contributed by atoms with van der Waals surface area (Å²) in [5, 5.41) is 8.08. The van der Waals surface area contributed by atoms with E-state index in [1.807, 2.05) is 17.5 Å². The number of pyridine rings is 1. The Bertz CT molecular complexity index is 596. The molecule has 7 heteroatoms. The molecule has 0 atom stereocenters. The van der Waals surface area contributed by atoms with E-state index >= 15 is 0 Å². The lowest BCUT2D eigenvalue weighted by Crippen LogP contribution is -2.37. The normalized spacial score (nSPS) is 10.4. The second-order valence-electron chi connectivity index (χ2n) is 3.76. The third kappa shape index (κ3) is 4.29. The van der Waals surface area contributed by atoms with Gasteiger partial charge >= 0.3 is 11.8 Å². The summed E-state index contributed by atoms with van der Waals surface area (Å²) >= 11 is 1.48. The molecule has 0 aliphatic heterocycles. The van der Waals surface area contributed by atoms with Crippen molar-refractivity contribution in [3.63, 3.8) is 0 Å². The first kappa shape index (κ1) is 13.9. The highest BCUT2D eigenvalue weighted by atomic mass is 32.1. The topological polar surface area (TPSA) is 83.5 Å². The van der Waals surface area contributed by atoms with E-state index in [1.165, 1.54) is 17.6 Å². The van der Waals surface area contributed by atoms with E-state index in [0.29, 0.717) is 0 Å². The molecule has 2 aromatic rings. The second kappa shape index (κ2) is 7.15. The maximum atomic E-state index is 11.5. The zero-order valence-corrected chi connectivity index (χ0v) is 11.3. The first-order chi connectivity index (χ1) is 9.75. The molecule has 6 nitrogen and oxygen atoms in total. The Labute approximate surface area is 119 Å². The maximum absolute atomic E-state index is 11.5. The number of aromatic nitrogens is 1. The van der Waals surface area contributed by atoms with Crippen LogP contribution in [0.25, 0.3) is 0 Å². The molecule has 0 radical (unpaired) electrons. The quantitative estimate of drug-likeness (QED) is 0.498. The molecule has 0 fully saturated rings. The van der Waals surface area contributed by atoms with Gasteiger partial charge in [-0.15, -0.1) is 11.3 Å². The molecule has 2 heterocycles. The van der Waals surface area contributed by atoms with Crippen LogP contribution in [0.15, 0.2) is 47.1 Å². The molecular weight excluding hydrogens is 276 g/mol. The highest BCUT2D eigenvalue weighted by Crippen LogP contribution is 2.03. The molecule has 2 amide bonds. The van der Waals surface area contributed by atoms with E-state index in [0.717, 1.165) is 10.4 Å². The van der Waals surface area contributed by atoms with E-state index in [-0.39, 0.29) is 6.54 Å². The van der Waals surface area contributed by atoms with Gasteiger partial charge in [0, 0.05) is 23.8 Å². The number of hydrogen-bond acceptors (Lipinski definition) is 5. The van der Waals surface area contributed by atoms with Gasteiger partial charge in [0.2, 0.25) is 0 Å². The van der Waals surface area contributed by atoms with Gasteiger partial charge in [-0.05, 0) is 23.1 Å². The number of hydrazone groups is 1. The summed E-state index contributed by atoms with van der Waals surface area (Å²) in [5.74, 6) is -1.54. The second-order valence-corrected chi connectivity index (χ2v) is 4.74. The van der Waals surface area contributed by atoms with Gasteiger partial charge in [-0.1, -0.05) is 12.1 Å². The fourth-order valence-electron chi connectivity index (χ4n) is 1.34. The Morgan fingerprint density at radius 1 is 1.30 bits per heavy atom. The molecule has 0 aliphatic carbocycles. The Morgan fingerprint density at radius 2 is 2.20 bits per heavy atom. The lowest BCUT2D eigenvalue weighted by Gasteiger charge is -2.03. The van der Waals surface area contributed by atoms with Gasteiger partial charge in [-0.3, -0.25) is 14.6 Å². The molecule has 0 unspecified atom stereocenters. The van der Waals surface area contributed by atoms with Crippen LogP contribution in [0.4, 0.5) is 0 Å². The molecule has 2 rings (SSSR count). The average molecular weight is 288 g/mol. The minimum atomic E-state index is -0.804. The van der Waals surface area contributed by atoms with Crippen LogP contribution >= 0.6 is 11.3 Å². The van der Waals surface area contributed by atoms with Crippen molar-refractivity contribution in [2.75, 3.05) is 0 Å². The van der Waals surface area contributed by atoms with Crippen LogP contribution in [-0.2, 0) is 16.1 Å². The van der Waals surface area contributed by atoms with Crippen molar-refractivity contribution in [2.24, 2.45) is 5.10 Å². The van der Waals surface area contributed by atoms with Gasteiger partial charge in [0.25, 0.3) is 0 Å². The fourth-order valence-corrected chi connectivity index (χ4v) is 1.92. The van der Waals surface area contributed by atoms with Crippen molar-refractivity contribution >= 4 is 29.4 Å². The van der Waals surface area contributed by atoms with Crippen molar-refractivity contribution in [1.82, 2.24) is 15.7 Å². The summed E-state index contributed by atoms with van der Waals surface area (Å²) in [5.41, 5.74) is 2.98. The number of nitrogens with zero attached hydrogens (tertiary/aromatic N) is 2. The van der Waals surface area contributed by atoms with E-state index < -0.39 is 11.8 Å². The van der Waals surface area contributed by atoms with E-state index in [1.54, 1.807) is 24.5 Å². The number of rotatable bonds is 4. The predicted octanol–water partition coefficient (Wildman–Crippen LogP) is 0.910. The molecule has 20 heavy (non-hydrogen) atoms. The number of hydrogen-bond donors (Lipinski definition) is 2.